The standard InChI is InChI=1S/C30H32ClF2N9/c1-29(2,3)16-36-24-18(12-34)13-35-25-21(24)10-19(11-22(25)31)38-26(20-7-5-6-17-14-37-41(4)27(17)20)23-15-42(40-39-23)30(8-9-30)28(32)33/h5-7,10-11,13-15,26,28,38-40H,8-9,16H2,1-4H3,(H,35,36)/t26-/m0/s1. The molecule has 2 aromatic carbocycles. The van der Waals surface area contributed by atoms with E-state index in [4.69, 9.17) is 11.6 Å². The molecule has 218 valence electrons. The first-order valence-corrected chi connectivity index (χ1v) is 14.1. The monoisotopic (exact) mass is 591 g/mol. The summed E-state index contributed by atoms with van der Waals surface area (Å²) in [6, 6.07) is 11.4. The second-order valence-electron chi connectivity index (χ2n) is 12.2. The molecule has 2 aromatic heterocycles. The number of hydrogen-bond acceptors (Lipinski definition) is 8. The highest BCUT2D eigenvalue weighted by Crippen LogP contribution is 2.47. The van der Waals surface area contributed by atoms with Gasteiger partial charge in [-0.3, -0.25) is 14.7 Å². The van der Waals surface area contributed by atoms with Crippen molar-refractivity contribution in [3.8, 4) is 6.07 Å². The number of aryl methyl sites for hydroxylation is 1. The minimum absolute atomic E-state index is 0.0362. The lowest BCUT2D eigenvalue weighted by molar-refractivity contribution is 0.00911. The third-order valence-corrected chi connectivity index (χ3v) is 8.09. The Labute approximate surface area is 247 Å². The minimum Gasteiger partial charge on any atom is -0.383 e. The van der Waals surface area contributed by atoms with Crippen molar-refractivity contribution in [3.05, 3.63) is 70.8 Å². The van der Waals surface area contributed by atoms with Crippen LogP contribution in [0.25, 0.3) is 21.8 Å². The number of nitrogens with zero attached hydrogens (tertiary/aromatic N) is 5. The second kappa shape index (κ2) is 10.3. The van der Waals surface area contributed by atoms with Crippen molar-refractivity contribution in [1.29, 1.82) is 5.26 Å². The number of hydrazine groups is 2. The molecule has 2 aliphatic rings. The molecule has 1 saturated carbocycles. The number of rotatable bonds is 8. The van der Waals surface area contributed by atoms with Crippen molar-refractivity contribution >= 4 is 44.8 Å². The summed E-state index contributed by atoms with van der Waals surface area (Å²) in [6.07, 6.45) is 3.34. The average Bonchev–Trinajstić information content (AvgIpc) is 3.47. The molecule has 42 heavy (non-hydrogen) atoms. The Hall–Kier alpha value is -4.14. The van der Waals surface area contributed by atoms with Crippen LogP contribution in [0.4, 0.5) is 20.2 Å². The summed E-state index contributed by atoms with van der Waals surface area (Å²) >= 11 is 6.78. The van der Waals surface area contributed by atoms with Crippen LogP contribution in [0.5, 0.6) is 0 Å². The molecule has 4 aromatic rings. The summed E-state index contributed by atoms with van der Waals surface area (Å²) in [4.78, 5) is 4.47. The van der Waals surface area contributed by atoms with E-state index >= 15 is 0 Å². The zero-order chi connectivity index (χ0) is 29.8. The highest BCUT2D eigenvalue weighted by molar-refractivity contribution is 6.35. The van der Waals surface area contributed by atoms with Gasteiger partial charge < -0.3 is 16.1 Å². The van der Waals surface area contributed by atoms with Crippen LogP contribution in [0.1, 0.15) is 50.8 Å². The Morgan fingerprint density at radius 1 is 1.21 bits per heavy atom. The Kier molecular flexibility index (Phi) is 6.86. The Morgan fingerprint density at radius 2 is 2.00 bits per heavy atom. The lowest BCUT2D eigenvalue weighted by Crippen LogP contribution is -2.48. The number of pyridine rings is 1. The van der Waals surface area contributed by atoms with Crippen LogP contribution in [0, 0.1) is 16.7 Å². The number of alkyl halides is 2. The fraction of sp³-hybridized carbons (Fsp3) is 0.367. The van der Waals surface area contributed by atoms with Crippen LogP contribution in [0.3, 0.4) is 0 Å². The number of fused-ring (bicyclic) bond motifs is 2. The Balaban J connectivity index is 1.46. The lowest BCUT2D eigenvalue weighted by atomic mass is 9.96. The quantitative estimate of drug-likeness (QED) is 0.191. The van der Waals surface area contributed by atoms with E-state index < -0.39 is 18.0 Å². The molecule has 0 unspecified atom stereocenters. The Bertz CT molecular complexity index is 1750. The van der Waals surface area contributed by atoms with Gasteiger partial charge in [0.1, 0.15) is 11.6 Å². The van der Waals surface area contributed by atoms with Crippen LogP contribution in [-0.2, 0) is 7.05 Å². The lowest BCUT2D eigenvalue weighted by Gasteiger charge is -2.25. The summed E-state index contributed by atoms with van der Waals surface area (Å²) in [7, 11) is 1.87. The SMILES string of the molecule is Cn1ncc2cccc([C@H](Nc3cc(Cl)c4ncc(C#N)c(NCC(C)(C)C)c4c3)C3=CN(C4(C(F)F)CC4)NN3)c21. The van der Waals surface area contributed by atoms with Gasteiger partial charge in [-0.2, -0.15) is 10.4 Å². The summed E-state index contributed by atoms with van der Waals surface area (Å²) in [5.41, 5.74) is 9.58. The number of para-hydroxylation sites is 1. The van der Waals surface area contributed by atoms with Gasteiger partial charge in [-0.1, -0.05) is 50.6 Å². The number of aromatic nitrogens is 3. The first-order chi connectivity index (χ1) is 20.0. The van der Waals surface area contributed by atoms with Gasteiger partial charge in [-0.05, 0) is 30.4 Å². The van der Waals surface area contributed by atoms with Crippen LogP contribution in [-0.4, -0.2) is 38.3 Å². The molecule has 1 atom stereocenters. The van der Waals surface area contributed by atoms with Crippen molar-refractivity contribution in [2.45, 2.75) is 51.6 Å². The average molecular weight is 592 g/mol. The van der Waals surface area contributed by atoms with Crippen LogP contribution < -0.4 is 21.6 Å². The van der Waals surface area contributed by atoms with Gasteiger partial charge in [0.25, 0.3) is 6.43 Å². The summed E-state index contributed by atoms with van der Waals surface area (Å²) in [5.74, 6) is 0. The highest BCUT2D eigenvalue weighted by Gasteiger charge is 2.56. The molecule has 1 aliphatic carbocycles. The van der Waals surface area contributed by atoms with Gasteiger partial charge in [-0.25, -0.2) is 8.78 Å². The number of halogens is 3. The first-order valence-electron chi connectivity index (χ1n) is 13.7. The van der Waals surface area contributed by atoms with Gasteiger partial charge in [0.05, 0.1) is 45.2 Å². The molecule has 6 rings (SSSR count). The van der Waals surface area contributed by atoms with Crippen molar-refractivity contribution in [3.63, 3.8) is 0 Å². The van der Waals surface area contributed by atoms with E-state index in [-0.39, 0.29) is 5.41 Å². The maximum absolute atomic E-state index is 14.0. The predicted octanol–water partition coefficient (Wildman–Crippen LogP) is 6.22. The normalized spacial score (nSPS) is 16.8. The van der Waals surface area contributed by atoms with Gasteiger partial charge in [0, 0.05) is 48.0 Å². The summed E-state index contributed by atoms with van der Waals surface area (Å²) < 4.78 is 29.7. The third kappa shape index (κ3) is 4.95. The molecule has 4 N–H and O–H groups in total. The molecule has 1 aliphatic heterocycles. The van der Waals surface area contributed by atoms with E-state index in [0.29, 0.717) is 57.9 Å². The zero-order valence-electron chi connectivity index (χ0n) is 23.8. The Morgan fingerprint density at radius 3 is 2.69 bits per heavy atom. The summed E-state index contributed by atoms with van der Waals surface area (Å²) in [5, 5.41) is 24.9. The van der Waals surface area contributed by atoms with Gasteiger partial charge in [0.15, 0.2) is 0 Å². The number of anilines is 2. The molecular weight excluding hydrogens is 560 g/mol. The largest absolute Gasteiger partial charge is 0.383 e. The smallest absolute Gasteiger partial charge is 0.262 e. The number of nitriles is 1. The number of benzene rings is 2. The van der Waals surface area contributed by atoms with Crippen molar-refractivity contribution in [1.82, 2.24) is 30.7 Å². The van der Waals surface area contributed by atoms with E-state index in [1.807, 2.05) is 31.3 Å². The predicted molar refractivity (Wildman–Crippen MR) is 161 cm³/mol. The second-order valence-corrected chi connectivity index (χ2v) is 12.6. The van der Waals surface area contributed by atoms with Gasteiger partial charge in [-0.15, -0.1) is 5.53 Å². The first kappa shape index (κ1) is 28.0. The molecule has 0 spiro atoms. The molecule has 1 fully saturated rings. The van der Waals surface area contributed by atoms with Crippen molar-refractivity contribution < 1.29 is 8.78 Å². The maximum atomic E-state index is 14.0. The topological polar surface area (TPSA) is 106 Å². The van der Waals surface area contributed by atoms with E-state index in [1.54, 1.807) is 23.1 Å². The fourth-order valence-corrected chi connectivity index (χ4v) is 5.63. The molecule has 9 nitrogen and oxygen atoms in total. The zero-order valence-corrected chi connectivity index (χ0v) is 24.5. The number of hydrogen-bond donors (Lipinski definition) is 4. The van der Waals surface area contributed by atoms with E-state index in [9.17, 15) is 14.0 Å². The van der Waals surface area contributed by atoms with E-state index in [1.165, 1.54) is 11.2 Å². The van der Waals surface area contributed by atoms with Crippen molar-refractivity contribution in [2.75, 3.05) is 17.2 Å². The van der Waals surface area contributed by atoms with Gasteiger partial charge in [0.2, 0.25) is 0 Å². The van der Waals surface area contributed by atoms with E-state index in [0.717, 1.165) is 16.5 Å². The molecule has 0 amide bonds. The molecule has 0 bridgehead atoms. The number of nitrogens with one attached hydrogen (secondary N) is 4. The molecule has 0 radical (unpaired) electrons. The van der Waals surface area contributed by atoms with Crippen LogP contribution in [0.2, 0.25) is 5.02 Å². The molecular formula is C30H32ClF2N9. The fourth-order valence-electron chi connectivity index (χ4n) is 5.37. The van der Waals surface area contributed by atoms with Crippen molar-refractivity contribution in [2.24, 2.45) is 12.5 Å². The molecule has 3 heterocycles. The van der Waals surface area contributed by atoms with Crippen LogP contribution in [0.15, 0.2) is 54.6 Å². The maximum Gasteiger partial charge on any atom is 0.262 e. The van der Waals surface area contributed by atoms with Crippen LogP contribution >= 0.6 is 11.6 Å². The molecule has 12 heteroatoms. The third-order valence-electron chi connectivity index (χ3n) is 7.80. The molecule has 0 saturated heterocycles. The summed E-state index contributed by atoms with van der Waals surface area (Å²) in [6.45, 7) is 6.96. The minimum atomic E-state index is -2.49. The highest BCUT2D eigenvalue weighted by atomic mass is 35.5. The van der Waals surface area contributed by atoms with E-state index in [2.05, 4.69) is 58.5 Å². The van der Waals surface area contributed by atoms with Gasteiger partial charge >= 0.3 is 0 Å².